The minimum absolute atomic E-state index is 0.0763. The molecule has 9 heteroatoms. The topological polar surface area (TPSA) is 110 Å². The van der Waals surface area contributed by atoms with Crippen LogP contribution in [0.25, 0.3) is 0 Å². The molecule has 31 heavy (non-hydrogen) atoms. The molecule has 2 N–H and O–H groups in total. The lowest BCUT2D eigenvalue weighted by molar-refractivity contribution is -0.0318. The van der Waals surface area contributed by atoms with Gasteiger partial charge >= 0.3 is 0 Å². The van der Waals surface area contributed by atoms with Gasteiger partial charge < -0.3 is 20.1 Å². The van der Waals surface area contributed by atoms with Crippen molar-refractivity contribution in [1.82, 2.24) is 25.2 Å². The number of aliphatic hydroxyl groups is 1. The molecule has 1 aliphatic heterocycles. The second-order valence-electron chi connectivity index (χ2n) is 8.50. The molecule has 2 fully saturated rings. The number of carbonyl (C=O) groups excluding carboxylic acids is 2. The predicted octanol–water partition coefficient (Wildman–Crippen LogP) is 1.63. The highest BCUT2D eigenvalue weighted by molar-refractivity contribution is 5.94. The van der Waals surface area contributed by atoms with E-state index in [2.05, 4.69) is 15.6 Å². The van der Waals surface area contributed by atoms with Crippen molar-refractivity contribution >= 4 is 11.8 Å². The molecule has 1 saturated heterocycles. The third-order valence-corrected chi connectivity index (χ3v) is 6.22. The first-order valence-electron chi connectivity index (χ1n) is 10.8. The van der Waals surface area contributed by atoms with Crippen molar-refractivity contribution in [2.45, 2.75) is 56.7 Å². The van der Waals surface area contributed by atoms with E-state index in [-0.39, 0.29) is 30.1 Å². The van der Waals surface area contributed by atoms with Crippen LogP contribution in [0.15, 0.2) is 30.5 Å². The summed E-state index contributed by atoms with van der Waals surface area (Å²) in [4.78, 5) is 26.9. The van der Waals surface area contributed by atoms with Crippen molar-refractivity contribution in [2.75, 3.05) is 20.2 Å². The second kappa shape index (κ2) is 9.05. The van der Waals surface area contributed by atoms with E-state index in [0.717, 1.165) is 25.7 Å². The normalized spacial score (nSPS) is 18.7. The van der Waals surface area contributed by atoms with E-state index in [1.165, 1.54) is 4.68 Å². The summed E-state index contributed by atoms with van der Waals surface area (Å²) in [7, 11) is 1.57. The quantitative estimate of drug-likeness (QED) is 0.725. The second-order valence-corrected chi connectivity index (χ2v) is 8.50. The fourth-order valence-corrected chi connectivity index (χ4v) is 4.33. The number of likely N-dealkylation sites (tertiary alicyclic amines) is 1. The van der Waals surface area contributed by atoms with Gasteiger partial charge in [0.1, 0.15) is 5.75 Å². The number of rotatable bonds is 6. The number of nitrogens with one attached hydrogen (secondary N) is 1. The van der Waals surface area contributed by atoms with Gasteiger partial charge in [-0.2, -0.15) is 0 Å². The maximum atomic E-state index is 12.8. The molecular weight excluding hydrogens is 398 g/mol. The molecule has 0 bridgehead atoms. The van der Waals surface area contributed by atoms with Crippen molar-refractivity contribution in [2.24, 2.45) is 0 Å². The largest absolute Gasteiger partial charge is 0.497 e. The van der Waals surface area contributed by atoms with E-state index < -0.39 is 5.60 Å². The Labute approximate surface area is 181 Å². The van der Waals surface area contributed by atoms with Gasteiger partial charge in [0.05, 0.1) is 25.5 Å². The fourth-order valence-electron chi connectivity index (χ4n) is 4.33. The van der Waals surface area contributed by atoms with Crippen molar-refractivity contribution in [3.63, 3.8) is 0 Å². The predicted molar refractivity (Wildman–Crippen MR) is 113 cm³/mol. The maximum Gasteiger partial charge on any atom is 0.273 e. The van der Waals surface area contributed by atoms with E-state index in [9.17, 15) is 14.7 Å². The lowest BCUT2D eigenvalue weighted by Crippen LogP contribution is -2.48. The van der Waals surface area contributed by atoms with Gasteiger partial charge in [-0.15, -0.1) is 5.10 Å². The number of carbonyl (C=O) groups is 2. The molecule has 0 spiro atoms. The molecule has 1 aliphatic carbocycles. The lowest BCUT2D eigenvalue weighted by atomic mass is 9.91. The number of methoxy groups -OCH3 is 1. The van der Waals surface area contributed by atoms with Crippen LogP contribution >= 0.6 is 0 Å². The summed E-state index contributed by atoms with van der Waals surface area (Å²) < 4.78 is 6.71. The Bertz CT molecular complexity index is 929. The molecule has 2 heterocycles. The third kappa shape index (κ3) is 5.04. The number of benzene rings is 1. The standard InChI is InChI=1S/C22H29N5O4/c1-31-18-8-4-5-16(13-18)21(29)26-11-9-22(30,10-12-26)15-27-14-19(24-25-27)20(28)23-17-6-2-3-7-17/h4-5,8,13-14,17,30H,2-3,6-7,9-12,15H2,1H3,(H,23,28). The van der Waals surface area contributed by atoms with Crippen LogP contribution in [-0.2, 0) is 6.54 Å². The Balaban J connectivity index is 1.32. The van der Waals surface area contributed by atoms with Crippen LogP contribution < -0.4 is 10.1 Å². The zero-order valence-corrected chi connectivity index (χ0v) is 17.8. The van der Waals surface area contributed by atoms with Gasteiger partial charge in [0.25, 0.3) is 11.8 Å². The first-order chi connectivity index (χ1) is 15.0. The smallest absolute Gasteiger partial charge is 0.273 e. The first-order valence-corrected chi connectivity index (χ1v) is 10.8. The van der Waals surface area contributed by atoms with Gasteiger partial charge in [-0.3, -0.25) is 9.59 Å². The monoisotopic (exact) mass is 427 g/mol. The Kier molecular flexibility index (Phi) is 6.22. The van der Waals surface area contributed by atoms with Crippen LogP contribution in [0.5, 0.6) is 5.75 Å². The number of amides is 2. The van der Waals surface area contributed by atoms with E-state index in [0.29, 0.717) is 37.2 Å². The fraction of sp³-hybridized carbons (Fsp3) is 0.545. The Morgan fingerprint density at radius 1 is 1.26 bits per heavy atom. The molecule has 0 radical (unpaired) electrons. The highest BCUT2D eigenvalue weighted by atomic mass is 16.5. The molecule has 4 rings (SSSR count). The van der Waals surface area contributed by atoms with Crippen LogP contribution in [0.3, 0.4) is 0 Å². The molecular formula is C22H29N5O4. The molecule has 1 aromatic carbocycles. The van der Waals surface area contributed by atoms with Gasteiger partial charge in [-0.05, 0) is 43.9 Å². The van der Waals surface area contributed by atoms with E-state index in [4.69, 9.17) is 4.74 Å². The van der Waals surface area contributed by atoms with Crippen molar-refractivity contribution in [3.8, 4) is 5.75 Å². The molecule has 1 saturated carbocycles. The van der Waals surface area contributed by atoms with Gasteiger partial charge in [0.15, 0.2) is 5.69 Å². The third-order valence-electron chi connectivity index (χ3n) is 6.22. The minimum atomic E-state index is -1.00. The number of piperidine rings is 1. The SMILES string of the molecule is COc1cccc(C(=O)N2CCC(O)(Cn3cc(C(=O)NC4CCCC4)nn3)CC2)c1. The summed E-state index contributed by atoms with van der Waals surface area (Å²) in [5.41, 5.74) is -0.168. The van der Waals surface area contributed by atoms with Gasteiger partial charge in [-0.1, -0.05) is 24.1 Å². The van der Waals surface area contributed by atoms with Gasteiger partial charge in [0, 0.05) is 24.7 Å². The Morgan fingerprint density at radius 3 is 2.71 bits per heavy atom. The van der Waals surface area contributed by atoms with Crippen LogP contribution in [0.4, 0.5) is 0 Å². The van der Waals surface area contributed by atoms with Crippen molar-refractivity contribution in [3.05, 3.63) is 41.7 Å². The van der Waals surface area contributed by atoms with Crippen LogP contribution in [0, 0.1) is 0 Å². The molecule has 166 valence electrons. The summed E-state index contributed by atoms with van der Waals surface area (Å²) >= 11 is 0. The summed E-state index contributed by atoms with van der Waals surface area (Å²) in [6.45, 7) is 1.12. The van der Waals surface area contributed by atoms with Crippen LogP contribution in [-0.4, -0.2) is 68.7 Å². The molecule has 2 aliphatic rings. The van der Waals surface area contributed by atoms with Crippen LogP contribution in [0.1, 0.15) is 59.4 Å². The zero-order valence-electron chi connectivity index (χ0n) is 17.8. The molecule has 0 unspecified atom stereocenters. The Morgan fingerprint density at radius 2 is 2.00 bits per heavy atom. The summed E-state index contributed by atoms with van der Waals surface area (Å²) in [5, 5.41) is 22.0. The molecule has 1 aromatic heterocycles. The molecule has 2 amide bonds. The molecule has 2 aromatic rings. The van der Waals surface area contributed by atoms with Gasteiger partial charge in [0.2, 0.25) is 0 Å². The van der Waals surface area contributed by atoms with Crippen molar-refractivity contribution < 1.29 is 19.4 Å². The number of ether oxygens (including phenoxy) is 1. The molecule has 9 nitrogen and oxygen atoms in total. The highest BCUT2D eigenvalue weighted by Crippen LogP contribution is 2.26. The maximum absolute atomic E-state index is 12.8. The first kappa shape index (κ1) is 21.3. The summed E-state index contributed by atoms with van der Waals surface area (Å²) in [5.74, 6) is 0.342. The zero-order chi connectivity index (χ0) is 21.8. The summed E-state index contributed by atoms with van der Waals surface area (Å²) in [6, 6.07) is 7.29. The average Bonchev–Trinajstić information content (AvgIpc) is 3.46. The van der Waals surface area contributed by atoms with Crippen molar-refractivity contribution in [1.29, 1.82) is 0 Å². The number of nitrogens with zero attached hydrogens (tertiary/aromatic N) is 4. The molecule has 0 atom stereocenters. The van der Waals surface area contributed by atoms with E-state index in [1.54, 1.807) is 42.5 Å². The number of aromatic nitrogens is 3. The number of hydrogen-bond donors (Lipinski definition) is 2. The number of hydrogen-bond acceptors (Lipinski definition) is 6. The van der Waals surface area contributed by atoms with Crippen LogP contribution in [0.2, 0.25) is 0 Å². The van der Waals surface area contributed by atoms with Gasteiger partial charge in [-0.25, -0.2) is 4.68 Å². The average molecular weight is 428 g/mol. The highest BCUT2D eigenvalue weighted by Gasteiger charge is 2.35. The minimum Gasteiger partial charge on any atom is -0.497 e. The Hall–Kier alpha value is -2.94. The van der Waals surface area contributed by atoms with E-state index in [1.807, 2.05) is 0 Å². The van der Waals surface area contributed by atoms with E-state index >= 15 is 0 Å². The summed E-state index contributed by atoms with van der Waals surface area (Å²) in [6.07, 6.45) is 6.72. The lowest BCUT2D eigenvalue weighted by Gasteiger charge is -2.38.